The molecule has 0 atom stereocenters. The molecule has 0 unspecified atom stereocenters. The maximum absolute atomic E-state index is 6.17. The van der Waals surface area contributed by atoms with Crippen molar-refractivity contribution in [2.75, 3.05) is 0 Å². The van der Waals surface area contributed by atoms with E-state index in [9.17, 15) is 0 Å². The lowest BCUT2D eigenvalue weighted by molar-refractivity contribution is 0.669. The molecule has 1 nitrogen and oxygen atoms in total. The minimum absolute atomic E-state index is 0.660. The average Bonchev–Trinajstić information content (AvgIpc) is 2.76. The molecule has 1 aromatic heterocycles. The highest BCUT2D eigenvalue weighted by Gasteiger charge is 2.10. The Bertz CT molecular complexity index is 889. The summed E-state index contributed by atoms with van der Waals surface area (Å²) in [5, 5.41) is 5.25. The molecule has 1 heterocycles. The summed E-state index contributed by atoms with van der Waals surface area (Å²) in [6.45, 7) is 0. The van der Waals surface area contributed by atoms with E-state index in [-0.39, 0.29) is 0 Å². The molecular formula is C16H9ClO. The first kappa shape index (κ1) is 9.98. The van der Waals surface area contributed by atoms with Crippen molar-refractivity contribution in [3.8, 4) is 0 Å². The van der Waals surface area contributed by atoms with Crippen LogP contribution in [-0.2, 0) is 0 Å². The monoisotopic (exact) mass is 252 g/mol. The van der Waals surface area contributed by atoms with Gasteiger partial charge in [-0.1, -0.05) is 48.0 Å². The third kappa shape index (κ3) is 1.28. The number of halogens is 1. The van der Waals surface area contributed by atoms with E-state index in [4.69, 9.17) is 16.0 Å². The molecule has 86 valence electrons. The summed E-state index contributed by atoms with van der Waals surface area (Å²) >= 11 is 6.17. The van der Waals surface area contributed by atoms with Crippen LogP contribution in [0.15, 0.2) is 59.0 Å². The van der Waals surface area contributed by atoms with E-state index in [1.807, 2.05) is 30.3 Å². The largest absolute Gasteiger partial charge is 0.454 e. The Hall–Kier alpha value is -1.99. The van der Waals surface area contributed by atoms with Gasteiger partial charge in [-0.15, -0.1) is 0 Å². The van der Waals surface area contributed by atoms with Crippen molar-refractivity contribution in [1.29, 1.82) is 0 Å². The highest BCUT2D eigenvalue weighted by molar-refractivity contribution is 6.35. The van der Waals surface area contributed by atoms with Crippen LogP contribution in [-0.4, -0.2) is 0 Å². The first-order chi connectivity index (χ1) is 8.83. The van der Waals surface area contributed by atoms with Crippen LogP contribution >= 0.6 is 11.6 Å². The van der Waals surface area contributed by atoms with E-state index in [1.54, 1.807) is 0 Å². The first-order valence-corrected chi connectivity index (χ1v) is 6.20. The molecule has 18 heavy (non-hydrogen) atoms. The third-order valence-electron chi connectivity index (χ3n) is 3.32. The molecule has 2 heteroatoms. The van der Waals surface area contributed by atoms with Gasteiger partial charge < -0.3 is 4.42 Å². The molecule has 0 saturated carbocycles. The minimum atomic E-state index is 0.660. The fraction of sp³-hybridized carbons (Fsp3) is 0. The molecular weight excluding hydrogens is 244 g/mol. The summed E-state index contributed by atoms with van der Waals surface area (Å²) in [6.07, 6.45) is 0. The zero-order valence-corrected chi connectivity index (χ0v) is 10.2. The molecule has 0 aliphatic carbocycles. The van der Waals surface area contributed by atoms with E-state index in [0.717, 1.165) is 21.9 Å². The van der Waals surface area contributed by atoms with E-state index >= 15 is 0 Å². The van der Waals surface area contributed by atoms with Crippen molar-refractivity contribution in [2.45, 2.75) is 0 Å². The number of fused-ring (bicyclic) bond motifs is 4. The van der Waals surface area contributed by atoms with Crippen LogP contribution in [0.25, 0.3) is 32.7 Å². The van der Waals surface area contributed by atoms with Crippen LogP contribution in [0.1, 0.15) is 0 Å². The quantitative estimate of drug-likeness (QED) is 0.409. The van der Waals surface area contributed by atoms with Crippen LogP contribution in [0.2, 0.25) is 5.02 Å². The summed E-state index contributed by atoms with van der Waals surface area (Å²) in [5.41, 5.74) is 1.65. The minimum Gasteiger partial charge on any atom is -0.454 e. The van der Waals surface area contributed by atoms with E-state index in [2.05, 4.69) is 24.3 Å². The Morgan fingerprint density at radius 2 is 1.56 bits per heavy atom. The molecule has 0 spiro atoms. The van der Waals surface area contributed by atoms with Gasteiger partial charge in [-0.25, -0.2) is 0 Å². The Kier molecular flexibility index (Phi) is 1.94. The normalized spacial score (nSPS) is 11.6. The number of para-hydroxylation sites is 1. The zero-order chi connectivity index (χ0) is 12.1. The Morgan fingerprint density at radius 3 is 2.39 bits per heavy atom. The van der Waals surface area contributed by atoms with Gasteiger partial charge in [-0.2, -0.15) is 0 Å². The lowest BCUT2D eigenvalue weighted by Crippen LogP contribution is -1.71. The van der Waals surface area contributed by atoms with Crippen LogP contribution < -0.4 is 0 Å². The molecule has 0 amide bonds. The summed E-state index contributed by atoms with van der Waals surface area (Å²) in [6, 6.07) is 18.4. The Balaban J connectivity index is 2.27. The number of hydrogen-bond donors (Lipinski definition) is 0. The summed E-state index contributed by atoms with van der Waals surface area (Å²) in [7, 11) is 0. The van der Waals surface area contributed by atoms with Crippen molar-refractivity contribution < 1.29 is 4.42 Å². The molecule has 4 aromatic rings. The molecule has 0 fully saturated rings. The summed E-state index contributed by atoms with van der Waals surface area (Å²) < 4.78 is 5.86. The number of hydrogen-bond acceptors (Lipinski definition) is 1. The van der Waals surface area contributed by atoms with Crippen LogP contribution in [0, 0.1) is 0 Å². The molecule has 0 saturated heterocycles. The maximum Gasteiger partial charge on any atom is 0.153 e. The highest BCUT2D eigenvalue weighted by Crippen LogP contribution is 2.35. The molecule has 0 aliphatic heterocycles. The molecule has 0 bridgehead atoms. The number of benzene rings is 3. The van der Waals surface area contributed by atoms with Gasteiger partial charge in [0.05, 0.1) is 5.02 Å². The van der Waals surface area contributed by atoms with Gasteiger partial charge in [0.1, 0.15) is 5.58 Å². The van der Waals surface area contributed by atoms with E-state index in [0.29, 0.717) is 5.02 Å². The van der Waals surface area contributed by atoms with Crippen LogP contribution in [0.5, 0.6) is 0 Å². The first-order valence-electron chi connectivity index (χ1n) is 5.82. The molecule has 0 radical (unpaired) electrons. The van der Waals surface area contributed by atoms with Gasteiger partial charge >= 0.3 is 0 Å². The Labute approximate surface area is 109 Å². The van der Waals surface area contributed by atoms with Gasteiger partial charge in [-0.3, -0.25) is 0 Å². The van der Waals surface area contributed by atoms with Crippen molar-refractivity contribution >= 4 is 44.3 Å². The van der Waals surface area contributed by atoms with E-state index in [1.165, 1.54) is 10.8 Å². The van der Waals surface area contributed by atoms with Crippen molar-refractivity contribution in [2.24, 2.45) is 0 Å². The molecule has 0 N–H and O–H groups in total. The van der Waals surface area contributed by atoms with Crippen molar-refractivity contribution in [1.82, 2.24) is 0 Å². The fourth-order valence-electron chi connectivity index (χ4n) is 2.45. The highest BCUT2D eigenvalue weighted by atomic mass is 35.5. The second kappa shape index (κ2) is 3.50. The van der Waals surface area contributed by atoms with Gasteiger partial charge in [0.15, 0.2) is 5.58 Å². The predicted molar refractivity (Wildman–Crippen MR) is 76.2 cm³/mol. The fourth-order valence-corrected chi connectivity index (χ4v) is 2.66. The lowest BCUT2D eigenvalue weighted by Gasteiger charge is -1.96. The third-order valence-corrected chi connectivity index (χ3v) is 3.61. The van der Waals surface area contributed by atoms with Crippen LogP contribution in [0.4, 0.5) is 0 Å². The SMILES string of the molecule is Clc1cccc2c1oc1cc3ccccc3cc12. The van der Waals surface area contributed by atoms with E-state index < -0.39 is 0 Å². The predicted octanol–water partition coefficient (Wildman–Crippen LogP) is 5.39. The van der Waals surface area contributed by atoms with Crippen LogP contribution in [0.3, 0.4) is 0 Å². The molecule has 4 rings (SSSR count). The Morgan fingerprint density at radius 1 is 0.778 bits per heavy atom. The molecule has 3 aromatic carbocycles. The smallest absolute Gasteiger partial charge is 0.153 e. The second-order valence-electron chi connectivity index (χ2n) is 4.41. The van der Waals surface area contributed by atoms with Gasteiger partial charge in [0.25, 0.3) is 0 Å². The number of rotatable bonds is 0. The summed E-state index contributed by atoms with van der Waals surface area (Å²) in [5.74, 6) is 0. The maximum atomic E-state index is 6.17. The number of furan rings is 1. The zero-order valence-electron chi connectivity index (χ0n) is 9.48. The van der Waals surface area contributed by atoms with Crippen molar-refractivity contribution in [3.63, 3.8) is 0 Å². The average molecular weight is 253 g/mol. The summed E-state index contributed by atoms with van der Waals surface area (Å²) in [4.78, 5) is 0. The topological polar surface area (TPSA) is 13.1 Å². The van der Waals surface area contributed by atoms with Gasteiger partial charge in [-0.05, 0) is 29.0 Å². The van der Waals surface area contributed by atoms with Gasteiger partial charge in [0, 0.05) is 10.8 Å². The second-order valence-corrected chi connectivity index (χ2v) is 4.82. The lowest BCUT2D eigenvalue weighted by atomic mass is 10.1. The van der Waals surface area contributed by atoms with Crippen molar-refractivity contribution in [3.05, 3.63) is 59.6 Å². The standard InChI is InChI=1S/C16H9ClO/c17-14-7-3-6-12-13-8-10-4-1-2-5-11(10)9-15(13)18-16(12)14/h1-9H. The van der Waals surface area contributed by atoms with Gasteiger partial charge in [0.2, 0.25) is 0 Å². The molecule has 0 aliphatic rings.